The predicted octanol–water partition coefficient (Wildman–Crippen LogP) is 3.59. The van der Waals surface area contributed by atoms with E-state index in [1.165, 1.54) is 0 Å². The summed E-state index contributed by atoms with van der Waals surface area (Å²) in [6.45, 7) is 0.792. The van der Waals surface area contributed by atoms with E-state index >= 15 is 0 Å². The molecule has 0 saturated carbocycles. The van der Waals surface area contributed by atoms with Gasteiger partial charge in [0.2, 0.25) is 0 Å². The summed E-state index contributed by atoms with van der Waals surface area (Å²) in [6, 6.07) is 11.6. The number of benzene rings is 2. The van der Waals surface area contributed by atoms with Crippen LogP contribution in [0.3, 0.4) is 0 Å². The van der Waals surface area contributed by atoms with Gasteiger partial charge in [-0.3, -0.25) is 4.79 Å². The summed E-state index contributed by atoms with van der Waals surface area (Å²) in [7, 11) is 1.58. The molecule has 1 amide bonds. The van der Waals surface area contributed by atoms with E-state index in [0.717, 1.165) is 15.2 Å². The number of fused-ring (bicyclic) bond motifs is 1. The van der Waals surface area contributed by atoms with Gasteiger partial charge < -0.3 is 10.1 Å². The number of amides is 1. The zero-order chi connectivity index (χ0) is 14.5. The van der Waals surface area contributed by atoms with Crippen LogP contribution in [0, 0.1) is 0 Å². The molecule has 1 N–H and O–H groups in total. The van der Waals surface area contributed by atoms with Gasteiger partial charge in [-0.25, -0.2) is 0 Å². The smallest absolute Gasteiger partial charge is 0.251 e. The number of ether oxygens (including phenoxy) is 1. The molecule has 0 spiro atoms. The summed E-state index contributed by atoms with van der Waals surface area (Å²) in [6.07, 6.45) is 0. The molecule has 0 fully saturated rings. The molecule has 0 aliphatic carbocycles. The molecule has 1 unspecified atom stereocenters. The average molecular weight is 357 g/mol. The first-order chi connectivity index (χ1) is 9.60. The lowest BCUT2D eigenvalue weighted by Gasteiger charge is -2.10. The number of rotatable bonds is 5. The lowest BCUT2D eigenvalue weighted by Crippen LogP contribution is -2.31. The normalized spacial score (nSPS) is 12.3. The molecule has 0 radical (unpaired) electrons. The summed E-state index contributed by atoms with van der Waals surface area (Å²) >= 11 is 9.41. The van der Waals surface area contributed by atoms with Crippen LogP contribution in [0.25, 0.3) is 10.8 Å². The van der Waals surface area contributed by atoms with Crippen molar-refractivity contribution in [1.29, 1.82) is 0 Å². The first kappa shape index (κ1) is 15.3. The minimum absolute atomic E-state index is 0.128. The molecule has 20 heavy (non-hydrogen) atoms. The molecule has 0 bridgehead atoms. The third kappa shape index (κ3) is 3.95. The van der Waals surface area contributed by atoms with E-state index in [0.29, 0.717) is 18.7 Å². The molecule has 106 valence electrons. The summed E-state index contributed by atoms with van der Waals surface area (Å²) in [5.74, 6) is -0.128. The Labute approximate surface area is 131 Å². The van der Waals surface area contributed by atoms with Gasteiger partial charge in [-0.1, -0.05) is 28.1 Å². The van der Waals surface area contributed by atoms with Crippen molar-refractivity contribution in [2.45, 2.75) is 5.38 Å². The van der Waals surface area contributed by atoms with E-state index in [2.05, 4.69) is 21.2 Å². The van der Waals surface area contributed by atoms with Gasteiger partial charge in [0, 0.05) is 23.7 Å². The van der Waals surface area contributed by atoms with Crippen LogP contribution in [0.15, 0.2) is 40.9 Å². The van der Waals surface area contributed by atoms with Gasteiger partial charge in [0.1, 0.15) is 0 Å². The molecule has 2 aromatic carbocycles. The van der Waals surface area contributed by atoms with E-state index in [1.807, 2.05) is 36.4 Å². The number of alkyl halides is 1. The highest BCUT2D eigenvalue weighted by Gasteiger charge is 2.09. The molecule has 1 atom stereocenters. The monoisotopic (exact) mass is 355 g/mol. The molecule has 0 saturated heterocycles. The van der Waals surface area contributed by atoms with Crippen molar-refractivity contribution in [3.8, 4) is 0 Å². The van der Waals surface area contributed by atoms with E-state index in [1.54, 1.807) is 7.11 Å². The lowest BCUT2D eigenvalue weighted by molar-refractivity contribution is 0.0949. The molecule has 2 aromatic rings. The van der Waals surface area contributed by atoms with Crippen molar-refractivity contribution in [2.75, 3.05) is 20.3 Å². The van der Waals surface area contributed by atoms with E-state index in [-0.39, 0.29) is 11.3 Å². The van der Waals surface area contributed by atoms with Gasteiger partial charge in [0.25, 0.3) is 5.91 Å². The van der Waals surface area contributed by atoms with Gasteiger partial charge in [-0.2, -0.15) is 0 Å². The second kappa shape index (κ2) is 7.07. The fraction of sp³-hybridized carbons (Fsp3) is 0.267. The maximum absolute atomic E-state index is 12.0. The summed E-state index contributed by atoms with van der Waals surface area (Å²) in [5.41, 5.74) is 0.626. The van der Waals surface area contributed by atoms with Gasteiger partial charge in [-0.15, -0.1) is 11.6 Å². The van der Waals surface area contributed by atoms with E-state index in [4.69, 9.17) is 16.3 Å². The Balaban J connectivity index is 2.08. The van der Waals surface area contributed by atoms with Crippen molar-refractivity contribution >= 4 is 44.2 Å². The van der Waals surface area contributed by atoms with Crippen LogP contribution in [-0.2, 0) is 4.74 Å². The first-order valence-corrected chi connectivity index (χ1v) is 7.43. The summed E-state index contributed by atoms with van der Waals surface area (Å²) < 4.78 is 5.94. The summed E-state index contributed by atoms with van der Waals surface area (Å²) in [4.78, 5) is 12.0. The average Bonchev–Trinajstić information content (AvgIpc) is 2.44. The zero-order valence-electron chi connectivity index (χ0n) is 11.0. The second-order valence-corrected chi connectivity index (χ2v) is 6.00. The van der Waals surface area contributed by atoms with Crippen LogP contribution in [0.5, 0.6) is 0 Å². The maximum Gasteiger partial charge on any atom is 0.251 e. The molecular weight excluding hydrogens is 342 g/mol. The third-order valence-corrected chi connectivity index (χ3v) is 3.67. The van der Waals surface area contributed by atoms with E-state index < -0.39 is 0 Å². The largest absolute Gasteiger partial charge is 0.383 e. The van der Waals surface area contributed by atoms with Gasteiger partial charge >= 0.3 is 0 Å². The first-order valence-electron chi connectivity index (χ1n) is 6.20. The Morgan fingerprint density at radius 3 is 2.75 bits per heavy atom. The van der Waals surface area contributed by atoms with Crippen molar-refractivity contribution in [3.05, 3.63) is 46.4 Å². The Hall–Kier alpha value is -1.10. The van der Waals surface area contributed by atoms with Gasteiger partial charge in [0.05, 0.1) is 12.0 Å². The van der Waals surface area contributed by atoms with Gasteiger partial charge in [-0.05, 0) is 35.0 Å². The SMILES string of the molecule is COCC(Cl)CNC(=O)c1ccc2cc(Br)ccc2c1. The molecular formula is C15H15BrClNO2. The molecule has 0 aliphatic rings. The highest BCUT2D eigenvalue weighted by atomic mass is 79.9. The van der Waals surface area contributed by atoms with Crippen molar-refractivity contribution in [2.24, 2.45) is 0 Å². The molecule has 0 aromatic heterocycles. The van der Waals surface area contributed by atoms with Crippen LogP contribution in [0.2, 0.25) is 0 Å². The summed E-state index contributed by atoms with van der Waals surface area (Å²) in [5, 5.41) is 4.69. The van der Waals surface area contributed by atoms with Crippen LogP contribution < -0.4 is 5.32 Å². The van der Waals surface area contributed by atoms with Crippen LogP contribution >= 0.6 is 27.5 Å². The quantitative estimate of drug-likeness (QED) is 0.832. The van der Waals surface area contributed by atoms with Crippen molar-refractivity contribution in [1.82, 2.24) is 5.32 Å². The molecule has 0 heterocycles. The topological polar surface area (TPSA) is 38.3 Å². The number of halogens is 2. The molecule has 2 rings (SSSR count). The number of carbonyl (C=O) groups excluding carboxylic acids is 1. The van der Waals surface area contributed by atoms with Crippen molar-refractivity contribution < 1.29 is 9.53 Å². The molecule has 5 heteroatoms. The minimum Gasteiger partial charge on any atom is -0.383 e. The Kier molecular flexibility index (Phi) is 5.40. The van der Waals surface area contributed by atoms with E-state index in [9.17, 15) is 4.79 Å². The predicted molar refractivity (Wildman–Crippen MR) is 85.5 cm³/mol. The van der Waals surface area contributed by atoms with Crippen molar-refractivity contribution in [3.63, 3.8) is 0 Å². The van der Waals surface area contributed by atoms with Crippen LogP contribution in [-0.4, -0.2) is 31.5 Å². The maximum atomic E-state index is 12.0. The lowest BCUT2D eigenvalue weighted by atomic mass is 10.1. The highest BCUT2D eigenvalue weighted by Crippen LogP contribution is 2.20. The second-order valence-electron chi connectivity index (χ2n) is 4.47. The number of methoxy groups -OCH3 is 1. The van der Waals surface area contributed by atoms with Crippen LogP contribution in [0.4, 0.5) is 0 Å². The zero-order valence-corrected chi connectivity index (χ0v) is 13.4. The number of nitrogens with one attached hydrogen (secondary N) is 1. The highest BCUT2D eigenvalue weighted by molar-refractivity contribution is 9.10. The Bertz CT molecular complexity index is 618. The van der Waals surface area contributed by atoms with Gasteiger partial charge in [0.15, 0.2) is 0 Å². The minimum atomic E-state index is -0.222. The Morgan fingerprint density at radius 1 is 1.30 bits per heavy atom. The Morgan fingerprint density at radius 2 is 2.00 bits per heavy atom. The number of hydrogen-bond acceptors (Lipinski definition) is 2. The molecule has 3 nitrogen and oxygen atoms in total. The van der Waals surface area contributed by atoms with Crippen LogP contribution in [0.1, 0.15) is 10.4 Å². The fourth-order valence-electron chi connectivity index (χ4n) is 1.90. The standard InChI is InChI=1S/C15H15BrClNO2/c1-20-9-14(17)8-18-15(19)12-3-2-11-7-13(16)5-4-10(11)6-12/h2-7,14H,8-9H2,1H3,(H,18,19). The molecule has 0 aliphatic heterocycles. The third-order valence-electron chi connectivity index (χ3n) is 2.90. The number of hydrogen-bond donors (Lipinski definition) is 1. The number of carbonyl (C=O) groups is 1. The fourth-order valence-corrected chi connectivity index (χ4v) is 2.49.